The van der Waals surface area contributed by atoms with Crippen molar-refractivity contribution >= 4 is 23.1 Å². The van der Waals surface area contributed by atoms with Gasteiger partial charge >= 0.3 is 0 Å². The van der Waals surface area contributed by atoms with Gasteiger partial charge in [-0.25, -0.2) is 0 Å². The van der Waals surface area contributed by atoms with Gasteiger partial charge in [0.2, 0.25) is 0 Å². The van der Waals surface area contributed by atoms with Gasteiger partial charge in [0.05, 0.1) is 12.2 Å². The van der Waals surface area contributed by atoms with E-state index in [9.17, 15) is 0 Å². The highest BCUT2D eigenvalue weighted by Gasteiger charge is 2.33. The Bertz CT molecular complexity index is 347. The van der Waals surface area contributed by atoms with Crippen molar-refractivity contribution in [3.63, 3.8) is 0 Å². The monoisotopic (exact) mass is 245 g/mol. The van der Waals surface area contributed by atoms with Crippen molar-refractivity contribution in [2.45, 2.75) is 31.6 Å². The Kier molecular flexibility index (Phi) is 2.64. The van der Waals surface area contributed by atoms with Crippen LogP contribution in [0.5, 0.6) is 0 Å². The summed E-state index contributed by atoms with van der Waals surface area (Å²) >= 11 is 7.24. The minimum atomic E-state index is 0.425. The van der Waals surface area contributed by atoms with Gasteiger partial charge in [-0.05, 0) is 12.8 Å². The molecule has 4 nitrogen and oxygen atoms in total. The van der Waals surface area contributed by atoms with Crippen LogP contribution in [0.2, 0.25) is 4.34 Å². The maximum absolute atomic E-state index is 5.98. The van der Waals surface area contributed by atoms with Crippen molar-refractivity contribution in [1.29, 1.82) is 0 Å². The van der Waals surface area contributed by atoms with Crippen LogP contribution in [0.1, 0.15) is 18.5 Å². The largest absolute Gasteiger partial charge is 0.372 e. The number of rotatable bonds is 2. The van der Waals surface area contributed by atoms with Gasteiger partial charge < -0.3 is 4.74 Å². The molecule has 1 aromatic rings. The van der Waals surface area contributed by atoms with Crippen LogP contribution in [0.25, 0.3) is 0 Å². The Hall–Kier alpha value is -0.230. The summed E-state index contributed by atoms with van der Waals surface area (Å²) in [5, 5.41) is 4.03. The zero-order valence-corrected chi connectivity index (χ0v) is 9.80. The molecular formula is C9H12ClN3OS. The Morgan fingerprint density at radius 3 is 2.73 bits per heavy atom. The molecule has 0 radical (unpaired) electrons. The van der Waals surface area contributed by atoms with Crippen molar-refractivity contribution in [2.24, 2.45) is 0 Å². The number of hydrogen-bond donors (Lipinski definition) is 0. The molecule has 0 amide bonds. The van der Waals surface area contributed by atoms with Crippen LogP contribution < -0.4 is 0 Å². The van der Waals surface area contributed by atoms with Crippen molar-refractivity contribution < 1.29 is 4.74 Å². The third-order valence-corrected chi connectivity index (χ3v) is 3.99. The molecular weight excluding hydrogens is 234 g/mol. The predicted molar refractivity (Wildman–Crippen MR) is 58.1 cm³/mol. The molecule has 0 spiro atoms. The van der Waals surface area contributed by atoms with E-state index in [0.29, 0.717) is 16.5 Å². The smallest absolute Gasteiger partial charge is 0.138 e. The number of halogens is 1. The Labute approximate surface area is 97.3 Å². The quantitative estimate of drug-likeness (QED) is 0.793. The zero-order chi connectivity index (χ0) is 10.3. The van der Waals surface area contributed by atoms with Crippen LogP contribution in [-0.2, 0) is 11.3 Å². The number of morpholine rings is 1. The topological polar surface area (TPSA) is 38.2 Å². The lowest BCUT2D eigenvalue weighted by molar-refractivity contribution is -0.0413. The van der Waals surface area contributed by atoms with Gasteiger partial charge in [0.1, 0.15) is 10.0 Å². The summed E-state index contributed by atoms with van der Waals surface area (Å²) in [5.74, 6) is 0. The van der Waals surface area contributed by atoms with E-state index in [1.165, 1.54) is 24.4 Å². The maximum Gasteiger partial charge on any atom is 0.138 e. The fourth-order valence-corrected chi connectivity index (χ4v) is 2.94. The number of likely N-dealkylation sites (tertiary alicyclic amines) is 1. The molecule has 1 aromatic heterocycles. The number of hydrogen-bond acceptors (Lipinski definition) is 5. The molecule has 2 fully saturated rings. The van der Waals surface area contributed by atoms with Gasteiger partial charge in [-0.2, -0.15) is 0 Å². The number of nitrogens with zero attached hydrogens (tertiary/aromatic N) is 3. The second kappa shape index (κ2) is 3.97. The van der Waals surface area contributed by atoms with Gasteiger partial charge in [0.25, 0.3) is 0 Å². The third-order valence-electron chi connectivity index (χ3n) is 3.00. The highest BCUT2D eigenvalue weighted by molar-refractivity contribution is 7.10. The molecule has 2 unspecified atom stereocenters. The number of fused-ring (bicyclic) bond motifs is 2. The van der Waals surface area contributed by atoms with E-state index >= 15 is 0 Å². The van der Waals surface area contributed by atoms with Crippen LogP contribution in [0.4, 0.5) is 0 Å². The summed E-state index contributed by atoms with van der Waals surface area (Å²) in [6.07, 6.45) is 3.25. The summed E-state index contributed by atoms with van der Waals surface area (Å²) in [4.78, 5) is 2.37. The van der Waals surface area contributed by atoms with Crippen molar-refractivity contribution in [3.05, 3.63) is 10.0 Å². The van der Waals surface area contributed by atoms with Crippen molar-refractivity contribution in [2.75, 3.05) is 13.1 Å². The fourth-order valence-electron chi connectivity index (χ4n) is 2.33. The lowest BCUT2D eigenvalue weighted by atomic mass is 10.2. The first-order valence-corrected chi connectivity index (χ1v) is 6.31. The molecule has 2 atom stereocenters. The standard InChI is InChI=1S/C9H12ClN3OS/c10-9-8(11-12-15-9)5-13-3-6-1-2-7(4-13)14-6/h6-7H,1-5H2. The Morgan fingerprint density at radius 2 is 2.13 bits per heavy atom. The first-order valence-electron chi connectivity index (χ1n) is 5.16. The average Bonchev–Trinajstić information content (AvgIpc) is 2.75. The van der Waals surface area contributed by atoms with Crippen LogP contribution >= 0.6 is 23.1 Å². The van der Waals surface area contributed by atoms with Crippen LogP contribution in [0.3, 0.4) is 0 Å². The predicted octanol–water partition coefficient (Wildman–Crippen LogP) is 1.55. The lowest BCUT2D eigenvalue weighted by Gasteiger charge is -2.31. The molecule has 3 rings (SSSR count). The minimum absolute atomic E-state index is 0.425. The molecule has 0 aromatic carbocycles. The number of aromatic nitrogens is 2. The molecule has 2 bridgehead atoms. The molecule has 2 aliphatic heterocycles. The molecule has 0 aliphatic carbocycles. The van der Waals surface area contributed by atoms with E-state index in [1.54, 1.807) is 0 Å². The summed E-state index contributed by atoms with van der Waals surface area (Å²) in [7, 11) is 0. The molecule has 3 heterocycles. The first-order chi connectivity index (χ1) is 7.31. The van der Waals surface area contributed by atoms with Crippen LogP contribution in [0.15, 0.2) is 0 Å². The van der Waals surface area contributed by atoms with Gasteiger partial charge in [0, 0.05) is 31.2 Å². The maximum atomic E-state index is 5.98. The van der Waals surface area contributed by atoms with E-state index in [4.69, 9.17) is 16.3 Å². The van der Waals surface area contributed by atoms with Crippen molar-refractivity contribution in [1.82, 2.24) is 14.5 Å². The zero-order valence-electron chi connectivity index (χ0n) is 8.23. The Morgan fingerprint density at radius 1 is 1.40 bits per heavy atom. The minimum Gasteiger partial charge on any atom is -0.372 e. The molecule has 0 saturated carbocycles. The summed E-state index contributed by atoms with van der Waals surface area (Å²) in [6, 6.07) is 0. The van der Waals surface area contributed by atoms with Crippen LogP contribution in [0, 0.1) is 0 Å². The van der Waals surface area contributed by atoms with E-state index in [-0.39, 0.29) is 0 Å². The Balaban J connectivity index is 1.67. The SMILES string of the molecule is Clc1snnc1CN1CC2CCC(C1)O2. The van der Waals surface area contributed by atoms with Gasteiger partial charge in [-0.3, -0.25) is 4.90 Å². The molecule has 2 aliphatic rings. The second-order valence-corrected chi connectivity index (χ2v) is 5.50. The molecule has 6 heteroatoms. The molecule has 0 N–H and O–H groups in total. The fraction of sp³-hybridized carbons (Fsp3) is 0.778. The molecule has 82 valence electrons. The summed E-state index contributed by atoms with van der Waals surface area (Å²) < 4.78 is 10.3. The third kappa shape index (κ3) is 2.01. The van der Waals surface area contributed by atoms with Gasteiger partial charge in [-0.1, -0.05) is 16.1 Å². The highest BCUT2D eigenvalue weighted by Crippen LogP contribution is 2.28. The van der Waals surface area contributed by atoms with Gasteiger partial charge in [-0.15, -0.1) is 5.10 Å². The summed E-state index contributed by atoms with van der Waals surface area (Å²) in [6.45, 7) is 2.82. The van der Waals surface area contributed by atoms with Crippen molar-refractivity contribution in [3.8, 4) is 0 Å². The van der Waals surface area contributed by atoms with Gasteiger partial charge in [0.15, 0.2) is 0 Å². The van der Waals surface area contributed by atoms with E-state index < -0.39 is 0 Å². The second-order valence-electron chi connectivity index (χ2n) is 4.14. The summed E-state index contributed by atoms with van der Waals surface area (Å²) in [5.41, 5.74) is 0.906. The van der Waals surface area contributed by atoms with E-state index in [2.05, 4.69) is 14.5 Å². The van der Waals surface area contributed by atoms with E-state index in [0.717, 1.165) is 25.3 Å². The average molecular weight is 246 g/mol. The number of ether oxygens (including phenoxy) is 1. The normalized spacial score (nSPS) is 31.0. The first kappa shape index (κ1) is 9.96. The molecule has 2 saturated heterocycles. The lowest BCUT2D eigenvalue weighted by Crippen LogP contribution is -2.42. The molecule has 15 heavy (non-hydrogen) atoms. The van der Waals surface area contributed by atoms with Crippen LogP contribution in [-0.4, -0.2) is 39.8 Å². The van der Waals surface area contributed by atoms with E-state index in [1.807, 2.05) is 0 Å². The highest BCUT2D eigenvalue weighted by atomic mass is 35.5.